The SMILES string of the molecule is Cc1cc(C(O)c2cccc3c2OCCC3)cc(C)c1Br. The van der Waals surface area contributed by atoms with Crippen LogP contribution in [0.2, 0.25) is 0 Å². The van der Waals surface area contributed by atoms with Gasteiger partial charge < -0.3 is 9.84 Å². The summed E-state index contributed by atoms with van der Waals surface area (Å²) in [4.78, 5) is 0. The number of aliphatic hydroxyl groups is 1. The smallest absolute Gasteiger partial charge is 0.128 e. The Morgan fingerprint density at radius 3 is 2.62 bits per heavy atom. The molecule has 0 spiro atoms. The number of aryl methyl sites for hydroxylation is 3. The van der Waals surface area contributed by atoms with E-state index in [-0.39, 0.29) is 0 Å². The Morgan fingerprint density at radius 1 is 1.19 bits per heavy atom. The lowest BCUT2D eigenvalue weighted by Gasteiger charge is -2.23. The summed E-state index contributed by atoms with van der Waals surface area (Å²) in [6.07, 6.45) is 1.42. The van der Waals surface area contributed by atoms with Gasteiger partial charge in [-0.1, -0.05) is 46.3 Å². The number of para-hydroxylation sites is 1. The highest BCUT2D eigenvalue weighted by Gasteiger charge is 2.21. The molecule has 21 heavy (non-hydrogen) atoms. The fourth-order valence-electron chi connectivity index (χ4n) is 2.95. The van der Waals surface area contributed by atoms with Crippen molar-refractivity contribution in [1.82, 2.24) is 0 Å². The maximum atomic E-state index is 10.8. The quantitative estimate of drug-likeness (QED) is 0.868. The van der Waals surface area contributed by atoms with Crippen molar-refractivity contribution >= 4 is 15.9 Å². The van der Waals surface area contributed by atoms with Crippen molar-refractivity contribution in [3.63, 3.8) is 0 Å². The third kappa shape index (κ3) is 2.72. The largest absolute Gasteiger partial charge is 0.493 e. The Balaban J connectivity index is 2.05. The molecule has 1 N–H and O–H groups in total. The molecular weight excluding hydrogens is 328 g/mol. The van der Waals surface area contributed by atoms with E-state index in [1.165, 1.54) is 5.56 Å². The number of hydrogen-bond donors (Lipinski definition) is 1. The van der Waals surface area contributed by atoms with E-state index >= 15 is 0 Å². The molecule has 3 heteroatoms. The minimum Gasteiger partial charge on any atom is -0.493 e. The minimum absolute atomic E-state index is 0.649. The lowest BCUT2D eigenvalue weighted by molar-refractivity contribution is 0.206. The number of rotatable bonds is 2. The molecule has 2 nitrogen and oxygen atoms in total. The minimum atomic E-state index is -0.649. The molecule has 0 saturated heterocycles. The molecule has 2 aromatic carbocycles. The molecule has 1 atom stereocenters. The second kappa shape index (κ2) is 5.82. The van der Waals surface area contributed by atoms with E-state index in [0.717, 1.165) is 51.9 Å². The molecule has 0 amide bonds. The van der Waals surface area contributed by atoms with Gasteiger partial charge in [-0.15, -0.1) is 0 Å². The zero-order chi connectivity index (χ0) is 15.0. The van der Waals surface area contributed by atoms with Gasteiger partial charge in [-0.25, -0.2) is 0 Å². The molecule has 0 radical (unpaired) electrons. The van der Waals surface area contributed by atoms with E-state index in [1.54, 1.807) is 0 Å². The second-order valence-corrected chi connectivity index (χ2v) is 6.45. The van der Waals surface area contributed by atoms with Crippen LogP contribution >= 0.6 is 15.9 Å². The van der Waals surface area contributed by atoms with Gasteiger partial charge in [0.2, 0.25) is 0 Å². The van der Waals surface area contributed by atoms with Crippen molar-refractivity contribution in [2.75, 3.05) is 6.61 Å². The van der Waals surface area contributed by atoms with Crippen molar-refractivity contribution in [3.05, 3.63) is 62.6 Å². The zero-order valence-electron chi connectivity index (χ0n) is 12.3. The second-order valence-electron chi connectivity index (χ2n) is 5.66. The van der Waals surface area contributed by atoms with E-state index in [4.69, 9.17) is 4.74 Å². The summed E-state index contributed by atoms with van der Waals surface area (Å²) < 4.78 is 6.91. The fraction of sp³-hybridized carbons (Fsp3) is 0.333. The monoisotopic (exact) mass is 346 g/mol. The van der Waals surface area contributed by atoms with Crippen LogP contribution in [0.4, 0.5) is 0 Å². The van der Waals surface area contributed by atoms with Crippen LogP contribution in [0.1, 0.15) is 40.3 Å². The van der Waals surface area contributed by atoms with Crippen LogP contribution in [0.15, 0.2) is 34.8 Å². The van der Waals surface area contributed by atoms with Crippen LogP contribution in [0.5, 0.6) is 5.75 Å². The van der Waals surface area contributed by atoms with Gasteiger partial charge in [0.15, 0.2) is 0 Å². The predicted molar refractivity (Wildman–Crippen MR) is 87.9 cm³/mol. The Bertz CT molecular complexity index is 656. The fourth-order valence-corrected chi connectivity index (χ4v) is 3.18. The first kappa shape index (κ1) is 14.6. The Kier molecular flexibility index (Phi) is 4.05. The molecule has 0 saturated carbocycles. The highest BCUT2D eigenvalue weighted by molar-refractivity contribution is 9.10. The van der Waals surface area contributed by atoms with Crippen LogP contribution in [-0.2, 0) is 6.42 Å². The third-order valence-corrected chi connectivity index (χ3v) is 5.28. The average molecular weight is 347 g/mol. The Morgan fingerprint density at radius 2 is 1.90 bits per heavy atom. The first-order chi connectivity index (χ1) is 10.1. The molecule has 0 bridgehead atoms. The zero-order valence-corrected chi connectivity index (χ0v) is 13.9. The molecule has 1 heterocycles. The van der Waals surface area contributed by atoms with Gasteiger partial charge in [0.25, 0.3) is 0 Å². The van der Waals surface area contributed by atoms with Gasteiger partial charge in [0, 0.05) is 10.0 Å². The molecular formula is C18H19BrO2. The molecule has 0 aliphatic carbocycles. The molecule has 0 fully saturated rings. The van der Waals surface area contributed by atoms with Gasteiger partial charge in [-0.05, 0) is 48.9 Å². The first-order valence-corrected chi connectivity index (χ1v) is 8.06. The maximum absolute atomic E-state index is 10.8. The summed E-state index contributed by atoms with van der Waals surface area (Å²) in [6, 6.07) is 10.1. The van der Waals surface area contributed by atoms with Crippen LogP contribution in [0.25, 0.3) is 0 Å². The molecule has 1 unspecified atom stereocenters. The van der Waals surface area contributed by atoms with Crippen LogP contribution in [-0.4, -0.2) is 11.7 Å². The molecule has 0 aromatic heterocycles. The number of halogens is 1. The standard InChI is InChI=1S/C18H19BrO2/c1-11-9-14(10-12(2)16(11)19)17(20)15-7-3-5-13-6-4-8-21-18(13)15/h3,5,7,9-10,17,20H,4,6,8H2,1-2H3. The summed E-state index contributed by atoms with van der Waals surface area (Å²) in [7, 11) is 0. The first-order valence-electron chi connectivity index (χ1n) is 7.27. The van der Waals surface area contributed by atoms with Crippen molar-refractivity contribution in [2.24, 2.45) is 0 Å². The van der Waals surface area contributed by atoms with E-state index < -0.39 is 6.10 Å². The number of benzene rings is 2. The maximum Gasteiger partial charge on any atom is 0.128 e. The number of hydrogen-bond acceptors (Lipinski definition) is 2. The highest BCUT2D eigenvalue weighted by Crippen LogP contribution is 2.37. The van der Waals surface area contributed by atoms with Crippen molar-refractivity contribution in [3.8, 4) is 5.75 Å². The van der Waals surface area contributed by atoms with E-state index in [9.17, 15) is 5.11 Å². The van der Waals surface area contributed by atoms with E-state index in [2.05, 4.69) is 22.0 Å². The van der Waals surface area contributed by atoms with Crippen LogP contribution in [0.3, 0.4) is 0 Å². The molecule has 1 aliphatic rings. The van der Waals surface area contributed by atoms with Crippen molar-refractivity contribution in [1.29, 1.82) is 0 Å². The van der Waals surface area contributed by atoms with Gasteiger partial charge in [0.1, 0.15) is 11.9 Å². The van der Waals surface area contributed by atoms with Crippen LogP contribution < -0.4 is 4.74 Å². The average Bonchev–Trinajstić information content (AvgIpc) is 2.51. The highest BCUT2D eigenvalue weighted by atomic mass is 79.9. The van der Waals surface area contributed by atoms with Crippen molar-refractivity contribution < 1.29 is 9.84 Å². The van der Waals surface area contributed by atoms with Crippen LogP contribution in [0, 0.1) is 13.8 Å². The van der Waals surface area contributed by atoms with Gasteiger partial charge in [-0.3, -0.25) is 0 Å². The molecule has 3 rings (SSSR count). The number of aliphatic hydroxyl groups excluding tert-OH is 1. The Hall–Kier alpha value is -1.32. The molecule has 110 valence electrons. The number of fused-ring (bicyclic) bond motifs is 1. The summed E-state index contributed by atoms with van der Waals surface area (Å²) in [6.45, 7) is 4.82. The Labute approximate surface area is 133 Å². The van der Waals surface area contributed by atoms with Crippen molar-refractivity contribution in [2.45, 2.75) is 32.8 Å². The van der Waals surface area contributed by atoms with Gasteiger partial charge >= 0.3 is 0 Å². The molecule has 2 aromatic rings. The third-order valence-electron chi connectivity index (χ3n) is 4.03. The lowest BCUT2D eigenvalue weighted by Crippen LogP contribution is -2.12. The summed E-state index contributed by atoms with van der Waals surface area (Å²) in [5, 5.41) is 10.8. The summed E-state index contributed by atoms with van der Waals surface area (Å²) >= 11 is 3.57. The van der Waals surface area contributed by atoms with Gasteiger partial charge in [0.05, 0.1) is 6.61 Å². The molecule has 1 aliphatic heterocycles. The van der Waals surface area contributed by atoms with Gasteiger partial charge in [-0.2, -0.15) is 0 Å². The summed E-state index contributed by atoms with van der Waals surface area (Å²) in [5.41, 5.74) is 5.25. The van der Waals surface area contributed by atoms with E-state index in [1.807, 2.05) is 38.1 Å². The normalized spacial score (nSPS) is 15.2. The topological polar surface area (TPSA) is 29.5 Å². The predicted octanol–water partition coefficient (Wildman–Crippen LogP) is 4.47. The number of ether oxygens (including phenoxy) is 1. The lowest BCUT2D eigenvalue weighted by atomic mass is 9.94. The summed E-state index contributed by atoms with van der Waals surface area (Å²) in [5.74, 6) is 0.870. The van der Waals surface area contributed by atoms with E-state index in [0.29, 0.717) is 0 Å².